The van der Waals surface area contributed by atoms with Gasteiger partial charge in [-0.15, -0.1) is 0 Å². The first kappa shape index (κ1) is 21.4. The molecular formula is C22H40N4O2. The molecule has 0 aromatic heterocycles. The summed E-state index contributed by atoms with van der Waals surface area (Å²) in [5.41, 5.74) is -0.126. The summed E-state index contributed by atoms with van der Waals surface area (Å²) in [4.78, 5) is 19.7. The normalized spacial score (nSPS) is 32.4. The second kappa shape index (κ2) is 9.95. The van der Waals surface area contributed by atoms with Crippen molar-refractivity contribution in [3.05, 3.63) is 0 Å². The predicted octanol–water partition coefficient (Wildman–Crippen LogP) is 2.66. The number of guanidine groups is 1. The molecule has 3 aliphatic rings. The van der Waals surface area contributed by atoms with Gasteiger partial charge in [0, 0.05) is 37.0 Å². The molecule has 2 aliphatic carbocycles. The molecule has 0 aromatic rings. The average Bonchev–Trinajstić information content (AvgIpc) is 3.17. The number of aliphatic hydroxyl groups is 1. The van der Waals surface area contributed by atoms with Crippen LogP contribution in [0.15, 0.2) is 4.99 Å². The van der Waals surface area contributed by atoms with Crippen molar-refractivity contribution in [1.29, 1.82) is 0 Å². The Morgan fingerprint density at radius 1 is 1.14 bits per heavy atom. The largest absolute Gasteiger partial charge is 0.392 e. The highest BCUT2D eigenvalue weighted by molar-refractivity contribution is 5.81. The first-order valence-corrected chi connectivity index (χ1v) is 11.5. The van der Waals surface area contributed by atoms with Crippen molar-refractivity contribution in [2.45, 2.75) is 90.2 Å². The summed E-state index contributed by atoms with van der Waals surface area (Å²) in [5, 5.41) is 17.3. The Labute approximate surface area is 170 Å². The highest BCUT2D eigenvalue weighted by atomic mass is 16.3. The Bertz CT molecular complexity index is 547. The molecule has 6 nitrogen and oxygen atoms in total. The zero-order valence-corrected chi connectivity index (χ0v) is 17.9. The van der Waals surface area contributed by atoms with Gasteiger partial charge in [0.05, 0.1) is 12.6 Å². The maximum absolute atomic E-state index is 12.8. The fraction of sp³-hybridized carbons (Fsp3) is 0.909. The van der Waals surface area contributed by atoms with E-state index in [9.17, 15) is 9.90 Å². The van der Waals surface area contributed by atoms with Crippen molar-refractivity contribution in [2.75, 3.05) is 26.2 Å². The van der Waals surface area contributed by atoms with E-state index in [0.29, 0.717) is 12.5 Å². The monoisotopic (exact) mass is 392 g/mol. The zero-order chi connectivity index (χ0) is 20.0. The van der Waals surface area contributed by atoms with Gasteiger partial charge in [-0.1, -0.05) is 39.0 Å². The summed E-state index contributed by atoms with van der Waals surface area (Å²) in [6.07, 6.45) is 10.7. The van der Waals surface area contributed by atoms with Crippen molar-refractivity contribution in [3.63, 3.8) is 0 Å². The van der Waals surface area contributed by atoms with Crippen LogP contribution in [-0.2, 0) is 4.79 Å². The number of amides is 1. The Hall–Kier alpha value is -1.30. The number of nitrogens with zero attached hydrogens (tertiary/aromatic N) is 2. The number of rotatable bonds is 5. The minimum Gasteiger partial charge on any atom is -0.392 e. The number of aliphatic imine (C=N–C) groups is 1. The van der Waals surface area contributed by atoms with Crippen molar-refractivity contribution in [3.8, 4) is 0 Å². The molecule has 1 amide bonds. The van der Waals surface area contributed by atoms with E-state index in [2.05, 4.69) is 29.4 Å². The number of nitrogens with one attached hydrogen (secondary N) is 2. The number of carbonyl (C=O) groups excluding carboxylic acids is 1. The number of hydrogen-bond acceptors (Lipinski definition) is 3. The van der Waals surface area contributed by atoms with E-state index in [1.165, 1.54) is 25.7 Å². The molecule has 6 heteroatoms. The first-order valence-electron chi connectivity index (χ1n) is 11.5. The molecule has 2 saturated carbocycles. The number of carbonyl (C=O) groups is 1. The van der Waals surface area contributed by atoms with Crippen LogP contribution in [0.4, 0.5) is 0 Å². The number of hydrogen-bond donors (Lipinski definition) is 3. The molecule has 0 aromatic carbocycles. The molecule has 3 unspecified atom stereocenters. The summed E-state index contributed by atoms with van der Waals surface area (Å²) in [7, 11) is 0. The maximum Gasteiger partial charge on any atom is 0.225 e. The zero-order valence-electron chi connectivity index (χ0n) is 17.9. The Morgan fingerprint density at radius 3 is 2.61 bits per heavy atom. The van der Waals surface area contributed by atoms with Gasteiger partial charge in [0.1, 0.15) is 0 Å². The van der Waals surface area contributed by atoms with Crippen LogP contribution in [-0.4, -0.2) is 60.2 Å². The first-order chi connectivity index (χ1) is 13.5. The number of likely N-dealkylation sites (tertiary alicyclic amines) is 1. The molecule has 1 aliphatic heterocycles. The molecule has 3 atom stereocenters. The van der Waals surface area contributed by atoms with E-state index in [1.807, 2.05) is 0 Å². The van der Waals surface area contributed by atoms with Crippen LogP contribution in [0.3, 0.4) is 0 Å². The van der Waals surface area contributed by atoms with Gasteiger partial charge in [-0.25, -0.2) is 0 Å². The van der Waals surface area contributed by atoms with Crippen molar-refractivity contribution >= 4 is 11.9 Å². The van der Waals surface area contributed by atoms with Crippen LogP contribution in [0, 0.1) is 11.3 Å². The lowest BCUT2D eigenvalue weighted by Gasteiger charge is -2.37. The van der Waals surface area contributed by atoms with Crippen LogP contribution in [0.1, 0.15) is 78.1 Å². The minimum atomic E-state index is -0.261. The Morgan fingerprint density at radius 2 is 1.89 bits per heavy atom. The average molecular weight is 393 g/mol. The van der Waals surface area contributed by atoms with E-state index < -0.39 is 0 Å². The van der Waals surface area contributed by atoms with Crippen LogP contribution < -0.4 is 10.6 Å². The predicted molar refractivity (Wildman–Crippen MR) is 113 cm³/mol. The molecule has 1 heterocycles. The van der Waals surface area contributed by atoms with E-state index in [0.717, 1.165) is 64.1 Å². The smallest absolute Gasteiger partial charge is 0.225 e. The lowest BCUT2D eigenvalue weighted by Crippen LogP contribution is -2.46. The van der Waals surface area contributed by atoms with Gasteiger partial charge in [-0.2, -0.15) is 0 Å². The summed E-state index contributed by atoms with van der Waals surface area (Å²) in [5.74, 6) is 1.43. The Kier molecular flexibility index (Phi) is 7.61. The minimum absolute atomic E-state index is 0.126. The quantitative estimate of drug-likeness (QED) is 0.497. The van der Waals surface area contributed by atoms with Crippen LogP contribution in [0.25, 0.3) is 0 Å². The molecular weight excluding hydrogens is 352 g/mol. The molecule has 0 bridgehead atoms. The molecule has 28 heavy (non-hydrogen) atoms. The van der Waals surface area contributed by atoms with Crippen molar-refractivity contribution in [1.82, 2.24) is 15.5 Å². The van der Waals surface area contributed by atoms with Gasteiger partial charge in [0.2, 0.25) is 5.91 Å². The highest BCUT2D eigenvalue weighted by Crippen LogP contribution is 2.36. The van der Waals surface area contributed by atoms with Gasteiger partial charge < -0.3 is 20.6 Å². The topological polar surface area (TPSA) is 77.0 Å². The molecule has 160 valence electrons. The van der Waals surface area contributed by atoms with Gasteiger partial charge >= 0.3 is 0 Å². The second-order valence-corrected chi connectivity index (χ2v) is 9.36. The summed E-state index contributed by atoms with van der Waals surface area (Å²) >= 11 is 0. The highest BCUT2D eigenvalue weighted by Gasteiger charge is 2.36. The Balaban J connectivity index is 1.53. The summed E-state index contributed by atoms with van der Waals surface area (Å²) in [6.45, 7) is 7.30. The third-order valence-corrected chi connectivity index (χ3v) is 7.02. The fourth-order valence-corrected chi connectivity index (χ4v) is 5.03. The van der Waals surface area contributed by atoms with Crippen molar-refractivity contribution < 1.29 is 9.90 Å². The van der Waals surface area contributed by atoms with Gasteiger partial charge in [-0.05, 0) is 39.0 Å². The van der Waals surface area contributed by atoms with Crippen LogP contribution >= 0.6 is 0 Å². The summed E-state index contributed by atoms with van der Waals surface area (Å²) in [6, 6.07) is 0.259. The summed E-state index contributed by atoms with van der Waals surface area (Å²) < 4.78 is 0. The third-order valence-electron chi connectivity index (χ3n) is 7.02. The van der Waals surface area contributed by atoms with Crippen molar-refractivity contribution in [2.24, 2.45) is 16.3 Å². The third kappa shape index (κ3) is 5.40. The fourth-order valence-electron chi connectivity index (χ4n) is 5.03. The van der Waals surface area contributed by atoms with Gasteiger partial charge in [0.25, 0.3) is 0 Å². The van der Waals surface area contributed by atoms with E-state index in [-0.39, 0.29) is 23.5 Å². The van der Waals surface area contributed by atoms with Crippen LogP contribution in [0.5, 0.6) is 0 Å². The maximum atomic E-state index is 12.8. The molecule has 0 radical (unpaired) electrons. The van der Waals surface area contributed by atoms with Crippen LogP contribution in [0.2, 0.25) is 0 Å². The SMILES string of the molecule is CCNC(=NCC1(C)CCCCC1O)NC1CCN(C(=O)C2CCCCC2)C1. The van der Waals surface area contributed by atoms with E-state index >= 15 is 0 Å². The molecule has 3 fully saturated rings. The lowest BCUT2D eigenvalue weighted by atomic mass is 9.73. The van der Waals surface area contributed by atoms with E-state index in [1.54, 1.807) is 0 Å². The molecule has 1 saturated heterocycles. The molecule has 3 N–H and O–H groups in total. The van der Waals surface area contributed by atoms with Gasteiger partial charge in [-0.3, -0.25) is 9.79 Å². The second-order valence-electron chi connectivity index (χ2n) is 9.36. The molecule has 0 spiro atoms. The lowest BCUT2D eigenvalue weighted by molar-refractivity contribution is -0.135. The van der Waals surface area contributed by atoms with Gasteiger partial charge in [0.15, 0.2) is 5.96 Å². The number of aliphatic hydroxyl groups excluding tert-OH is 1. The standard InChI is InChI=1S/C22H40N4O2/c1-3-23-21(24-16-22(2)13-8-7-11-19(22)27)25-18-12-14-26(15-18)20(28)17-9-5-4-6-10-17/h17-19,27H,3-16H2,1-2H3,(H2,23,24,25). The molecule has 3 rings (SSSR count). The van der Waals surface area contributed by atoms with E-state index in [4.69, 9.17) is 4.99 Å².